The Morgan fingerprint density at radius 2 is 1.90 bits per heavy atom. The highest BCUT2D eigenvalue weighted by Gasteiger charge is 2.42. The molecule has 0 saturated heterocycles. The lowest BCUT2D eigenvalue weighted by atomic mass is 9.78. The summed E-state index contributed by atoms with van der Waals surface area (Å²) in [4.78, 5) is 14.2. The Balaban J connectivity index is 2.71. The molecule has 1 aliphatic rings. The van der Waals surface area contributed by atoms with Gasteiger partial charge < -0.3 is 15.3 Å². The van der Waals surface area contributed by atoms with Crippen molar-refractivity contribution in [3.8, 4) is 0 Å². The molecule has 1 saturated carbocycles. The van der Waals surface area contributed by atoms with Crippen LogP contribution in [0.2, 0.25) is 0 Å². The van der Waals surface area contributed by atoms with E-state index in [-0.39, 0.29) is 0 Å². The topological polar surface area (TPSA) is 52.6 Å². The molecule has 1 fully saturated rings. The number of hydrogen-bond acceptors (Lipinski definition) is 3. The zero-order chi connectivity index (χ0) is 15.0. The van der Waals surface area contributed by atoms with Crippen LogP contribution in [0.4, 0.5) is 0 Å². The van der Waals surface area contributed by atoms with Gasteiger partial charge >= 0.3 is 5.97 Å². The number of carboxylic acid groups (broad SMARTS) is 1. The molecule has 2 atom stereocenters. The summed E-state index contributed by atoms with van der Waals surface area (Å²) in [6, 6.07) is 0.422. The molecular formula is C16H32N2O2. The number of nitrogens with zero attached hydrogens (tertiary/aromatic N) is 1. The van der Waals surface area contributed by atoms with Crippen molar-refractivity contribution in [3.05, 3.63) is 0 Å². The summed E-state index contributed by atoms with van der Waals surface area (Å²) in [5.41, 5.74) is -0.709. The van der Waals surface area contributed by atoms with E-state index in [4.69, 9.17) is 0 Å². The fourth-order valence-corrected chi connectivity index (χ4v) is 3.29. The van der Waals surface area contributed by atoms with Gasteiger partial charge in [-0.15, -0.1) is 0 Å². The van der Waals surface area contributed by atoms with Crippen LogP contribution in [-0.2, 0) is 4.79 Å². The van der Waals surface area contributed by atoms with Gasteiger partial charge in [-0.25, -0.2) is 0 Å². The van der Waals surface area contributed by atoms with Crippen molar-refractivity contribution in [3.63, 3.8) is 0 Å². The second-order valence-corrected chi connectivity index (χ2v) is 6.13. The molecule has 0 radical (unpaired) electrons. The van der Waals surface area contributed by atoms with Crippen molar-refractivity contribution in [2.45, 2.75) is 76.8 Å². The molecule has 0 aliphatic heterocycles. The molecule has 1 aliphatic carbocycles. The molecule has 0 bridgehead atoms. The molecule has 0 aromatic heterocycles. The highest BCUT2D eigenvalue weighted by atomic mass is 16.4. The first-order valence-electron chi connectivity index (χ1n) is 8.26. The molecule has 2 unspecified atom stereocenters. The van der Waals surface area contributed by atoms with Crippen molar-refractivity contribution in [2.75, 3.05) is 20.1 Å². The summed E-state index contributed by atoms with van der Waals surface area (Å²) < 4.78 is 0. The minimum absolute atomic E-state index is 0.422. The lowest BCUT2D eigenvalue weighted by Crippen LogP contribution is -2.57. The van der Waals surface area contributed by atoms with E-state index in [0.29, 0.717) is 6.04 Å². The van der Waals surface area contributed by atoms with Crippen LogP contribution >= 0.6 is 0 Å². The Hall–Kier alpha value is -0.610. The molecule has 118 valence electrons. The maximum Gasteiger partial charge on any atom is 0.323 e. The summed E-state index contributed by atoms with van der Waals surface area (Å²) in [6.07, 6.45) is 8.46. The van der Waals surface area contributed by atoms with E-state index in [2.05, 4.69) is 24.1 Å². The Morgan fingerprint density at radius 1 is 1.30 bits per heavy atom. The lowest BCUT2D eigenvalue weighted by Gasteiger charge is -2.42. The van der Waals surface area contributed by atoms with Gasteiger partial charge in [0.25, 0.3) is 0 Å². The quantitative estimate of drug-likeness (QED) is 0.683. The number of carbonyl (C=O) groups is 1. The first kappa shape index (κ1) is 17.4. The van der Waals surface area contributed by atoms with Gasteiger partial charge in [0.1, 0.15) is 5.54 Å². The molecule has 0 aromatic rings. The SMILES string of the molecule is CCCCN(CCCC)C1CCCC(NC)(C(=O)O)C1. The second kappa shape index (κ2) is 8.63. The van der Waals surface area contributed by atoms with E-state index >= 15 is 0 Å². The molecule has 4 heteroatoms. The van der Waals surface area contributed by atoms with E-state index < -0.39 is 11.5 Å². The molecule has 0 amide bonds. The van der Waals surface area contributed by atoms with Crippen LogP contribution in [-0.4, -0.2) is 47.7 Å². The van der Waals surface area contributed by atoms with Gasteiger partial charge in [0.05, 0.1) is 0 Å². The summed E-state index contributed by atoms with van der Waals surface area (Å²) >= 11 is 0. The van der Waals surface area contributed by atoms with Gasteiger partial charge in [-0.1, -0.05) is 26.7 Å². The Kier molecular flexibility index (Phi) is 7.52. The van der Waals surface area contributed by atoms with Crippen LogP contribution in [0.3, 0.4) is 0 Å². The Morgan fingerprint density at radius 3 is 2.35 bits per heavy atom. The molecule has 1 rings (SSSR count). The second-order valence-electron chi connectivity index (χ2n) is 6.13. The van der Waals surface area contributed by atoms with Gasteiger partial charge in [0.15, 0.2) is 0 Å². The van der Waals surface area contributed by atoms with E-state index in [9.17, 15) is 9.90 Å². The molecule has 0 spiro atoms. The van der Waals surface area contributed by atoms with Gasteiger partial charge in [0, 0.05) is 6.04 Å². The van der Waals surface area contributed by atoms with Gasteiger partial charge in [-0.2, -0.15) is 0 Å². The summed E-state index contributed by atoms with van der Waals surface area (Å²) in [5, 5.41) is 12.6. The zero-order valence-corrected chi connectivity index (χ0v) is 13.5. The number of nitrogens with one attached hydrogen (secondary N) is 1. The van der Waals surface area contributed by atoms with Crippen molar-refractivity contribution < 1.29 is 9.90 Å². The minimum Gasteiger partial charge on any atom is -0.480 e. The molecule has 20 heavy (non-hydrogen) atoms. The monoisotopic (exact) mass is 284 g/mol. The predicted molar refractivity (Wildman–Crippen MR) is 83.1 cm³/mol. The molecule has 4 nitrogen and oxygen atoms in total. The molecule has 0 aromatic carbocycles. The van der Waals surface area contributed by atoms with Crippen LogP contribution in [0, 0.1) is 0 Å². The predicted octanol–water partition coefficient (Wildman–Crippen LogP) is 2.87. The van der Waals surface area contributed by atoms with Crippen LogP contribution in [0.25, 0.3) is 0 Å². The average Bonchev–Trinajstić information content (AvgIpc) is 2.47. The molecular weight excluding hydrogens is 252 g/mol. The Labute approximate surface area is 123 Å². The fourth-order valence-electron chi connectivity index (χ4n) is 3.29. The highest BCUT2D eigenvalue weighted by molar-refractivity contribution is 5.79. The van der Waals surface area contributed by atoms with Crippen molar-refractivity contribution in [1.29, 1.82) is 0 Å². The fraction of sp³-hybridized carbons (Fsp3) is 0.938. The number of likely N-dealkylation sites (N-methyl/N-ethyl adjacent to an activating group) is 1. The largest absolute Gasteiger partial charge is 0.480 e. The number of rotatable bonds is 9. The van der Waals surface area contributed by atoms with Crippen LogP contribution in [0.1, 0.15) is 65.2 Å². The lowest BCUT2D eigenvalue weighted by molar-refractivity contribution is -0.147. The summed E-state index contributed by atoms with van der Waals surface area (Å²) in [6.45, 7) is 6.66. The third-order valence-electron chi connectivity index (χ3n) is 4.73. The van der Waals surface area contributed by atoms with Crippen LogP contribution in [0.15, 0.2) is 0 Å². The van der Waals surface area contributed by atoms with E-state index in [0.717, 1.165) is 38.8 Å². The van der Waals surface area contributed by atoms with Crippen LogP contribution < -0.4 is 5.32 Å². The first-order chi connectivity index (χ1) is 9.59. The van der Waals surface area contributed by atoms with Gasteiger partial charge in [-0.3, -0.25) is 4.79 Å². The number of carboxylic acids is 1. The third kappa shape index (κ3) is 4.45. The molecule has 0 heterocycles. The van der Waals surface area contributed by atoms with Crippen molar-refractivity contribution >= 4 is 5.97 Å². The zero-order valence-electron chi connectivity index (χ0n) is 13.5. The number of aliphatic carboxylic acids is 1. The van der Waals surface area contributed by atoms with Crippen LogP contribution in [0.5, 0.6) is 0 Å². The third-order valence-corrected chi connectivity index (χ3v) is 4.73. The number of unbranched alkanes of at least 4 members (excludes halogenated alkanes) is 2. The van der Waals surface area contributed by atoms with Gasteiger partial charge in [0.2, 0.25) is 0 Å². The van der Waals surface area contributed by atoms with E-state index in [1.54, 1.807) is 7.05 Å². The van der Waals surface area contributed by atoms with E-state index in [1.807, 2.05) is 0 Å². The first-order valence-corrected chi connectivity index (χ1v) is 8.26. The van der Waals surface area contributed by atoms with Gasteiger partial charge in [-0.05, 0) is 58.7 Å². The van der Waals surface area contributed by atoms with Crippen molar-refractivity contribution in [2.24, 2.45) is 0 Å². The number of hydrogen-bond donors (Lipinski definition) is 2. The standard InChI is InChI=1S/C16H32N2O2/c1-4-6-11-18(12-7-5-2)14-9-8-10-16(13-14,17-3)15(19)20/h14,17H,4-13H2,1-3H3,(H,19,20). The van der Waals surface area contributed by atoms with E-state index in [1.165, 1.54) is 25.7 Å². The minimum atomic E-state index is -0.709. The maximum atomic E-state index is 11.6. The van der Waals surface area contributed by atoms with Crippen molar-refractivity contribution in [1.82, 2.24) is 10.2 Å². The molecule has 2 N–H and O–H groups in total. The maximum absolute atomic E-state index is 11.6. The normalized spacial score (nSPS) is 26.9. The highest BCUT2D eigenvalue weighted by Crippen LogP contribution is 2.31. The summed E-state index contributed by atoms with van der Waals surface area (Å²) in [5.74, 6) is -0.685. The Bertz CT molecular complexity index is 288. The smallest absolute Gasteiger partial charge is 0.323 e. The summed E-state index contributed by atoms with van der Waals surface area (Å²) in [7, 11) is 1.79. The average molecular weight is 284 g/mol.